The summed E-state index contributed by atoms with van der Waals surface area (Å²) in [5.74, 6) is -0.0260. The molecule has 0 aliphatic heterocycles. The van der Waals surface area contributed by atoms with Gasteiger partial charge in [-0.25, -0.2) is 0 Å². The summed E-state index contributed by atoms with van der Waals surface area (Å²) in [6.45, 7) is 0.547. The van der Waals surface area contributed by atoms with Crippen LogP contribution in [0.5, 0.6) is 0 Å². The monoisotopic (exact) mass is 316 g/mol. The van der Waals surface area contributed by atoms with Crippen LogP contribution in [0.3, 0.4) is 0 Å². The van der Waals surface area contributed by atoms with Crippen LogP contribution in [-0.2, 0) is 0 Å². The van der Waals surface area contributed by atoms with E-state index in [1.165, 1.54) is 23.1 Å². The second-order valence-corrected chi connectivity index (χ2v) is 6.09. The Bertz CT molecular complexity index is 544. The number of benzene rings is 1. The molecule has 1 saturated carbocycles. The normalized spacial score (nSPS) is 21.1. The minimum Gasteiger partial charge on any atom is -0.341 e. The first-order valence-corrected chi connectivity index (χ1v) is 7.03. The largest absolute Gasteiger partial charge is 0.341 e. The summed E-state index contributed by atoms with van der Waals surface area (Å²) in [5, 5.41) is 11.5. The van der Waals surface area contributed by atoms with Crippen molar-refractivity contribution in [2.24, 2.45) is 5.92 Å². The van der Waals surface area contributed by atoms with Gasteiger partial charge in [-0.1, -0.05) is 11.6 Å². The first-order valence-electron chi connectivity index (χ1n) is 6.22. The molecule has 5 nitrogen and oxygen atoms in total. The van der Waals surface area contributed by atoms with Crippen LogP contribution in [0.25, 0.3) is 0 Å². The van der Waals surface area contributed by atoms with Gasteiger partial charge in [-0.3, -0.25) is 14.9 Å². The number of carbonyl (C=O) groups excluding carboxylic acids is 1. The van der Waals surface area contributed by atoms with Crippen LogP contribution in [0.15, 0.2) is 18.2 Å². The van der Waals surface area contributed by atoms with Crippen LogP contribution in [0.1, 0.15) is 23.2 Å². The fraction of sp³-hybridized carbons (Fsp3) is 0.462. The summed E-state index contributed by atoms with van der Waals surface area (Å²) in [5.41, 5.74) is -0.207. The highest BCUT2D eigenvalue weighted by Crippen LogP contribution is 2.33. The Morgan fingerprint density at radius 3 is 2.70 bits per heavy atom. The van der Waals surface area contributed by atoms with E-state index in [4.69, 9.17) is 23.2 Å². The Morgan fingerprint density at radius 2 is 2.15 bits per heavy atom. The zero-order valence-electron chi connectivity index (χ0n) is 10.9. The van der Waals surface area contributed by atoms with Gasteiger partial charge in [0.15, 0.2) is 0 Å². The smallest absolute Gasteiger partial charge is 0.282 e. The quantitative estimate of drug-likeness (QED) is 0.486. The molecule has 0 heterocycles. The number of hydrogen-bond acceptors (Lipinski definition) is 3. The predicted molar refractivity (Wildman–Crippen MR) is 77.4 cm³/mol. The summed E-state index contributed by atoms with van der Waals surface area (Å²) in [4.78, 5) is 24.2. The van der Waals surface area contributed by atoms with Crippen molar-refractivity contribution >= 4 is 34.8 Å². The number of rotatable bonds is 4. The average molecular weight is 317 g/mol. The van der Waals surface area contributed by atoms with Gasteiger partial charge in [0.2, 0.25) is 0 Å². The molecule has 1 aromatic carbocycles. The zero-order valence-corrected chi connectivity index (χ0v) is 12.4. The second kappa shape index (κ2) is 5.97. The fourth-order valence-electron chi connectivity index (χ4n) is 2.32. The van der Waals surface area contributed by atoms with E-state index in [0.717, 1.165) is 12.8 Å². The maximum atomic E-state index is 12.3. The van der Waals surface area contributed by atoms with Gasteiger partial charge in [0.1, 0.15) is 5.56 Å². The van der Waals surface area contributed by atoms with E-state index < -0.39 is 10.8 Å². The lowest BCUT2D eigenvalue weighted by Crippen LogP contribution is -2.38. The third kappa shape index (κ3) is 3.22. The van der Waals surface area contributed by atoms with Crippen molar-refractivity contribution < 1.29 is 9.72 Å². The van der Waals surface area contributed by atoms with Gasteiger partial charge in [0.25, 0.3) is 11.6 Å². The SMILES string of the molecule is CN(CC1CC(Cl)C1)C(=O)c1cc(Cl)ccc1[N+](=O)[O-]. The highest BCUT2D eigenvalue weighted by Gasteiger charge is 2.31. The fourth-order valence-corrected chi connectivity index (χ4v) is 2.99. The van der Waals surface area contributed by atoms with E-state index in [-0.39, 0.29) is 16.6 Å². The molecule has 1 amide bonds. The number of carbonyl (C=O) groups is 1. The third-order valence-corrected chi connectivity index (χ3v) is 4.03. The average Bonchev–Trinajstić information content (AvgIpc) is 2.35. The number of alkyl halides is 1. The van der Waals surface area contributed by atoms with Gasteiger partial charge in [-0.15, -0.1) is 11.6 Å². The van der Waals surface area contributed by atoms with Crippen LogP contribution >= 0.6 is 23.2 Å². The third-order valence-electron chi connectivity index (χ3n) is 3.44. The van der Waals surface area contributed by atoms with Crippen molar-refractivity contribution in [3.8, 4) is 0 Å². The van der Waals surface area contributed by atoms with E-state index in [2.05, 4.69) is 0 Å². The minimum absolute atomic E-state index is 0.0201. The lowest BCUT2D eigenvalue weighted by Gasteiger charge is -2.34. The summed E-state index contributed by atoms with van der Waals surface area (Å²) >= 11 is 11.7. The maximum absolute atomic E-state index is 12.3. The molecule has 0 atom stereocenters. The molecule has 0 spiro atoms. The van der Waals surface area contributed by atoms with E-state index in [1.807, 2.05) is 0 Å². The molecule has 1 aliphatic rings. The molecule has 0 radical (unpaired) electrons. The van der Waals surface area contributed by atoms with E-state index in [9.17, 15) is 14.9 Å². The summed E-state index contributed by atoms with van der Waals surface area (Å²) in [7, 11) is 1.63. The predicted octanol–water partition coefficient (Wildman–Crippen LogP) is 3.34. The van der Waals surface area contributed by atoms with E-state index in [0.29, 0.717) is 17.5 Å². The molecule has 1 aliphatic carbocycles. The van der Waals surface area contributed by atoms with Crippen LogP contribution in [0, 0.1) is 16.0 Å². The van der Waals surface area contributed by atoms with Crippen LogP contribution in [-0.4, -0.2) is 34.7 Å². The van der Waals surface area contributed by atoms with Gasteiger partial charge in [-0.2, -0.15) is 0 Å². The number of amides is 1. The van der Waals surface area contributed by atoms with Crippen molar-refractivity contribution in [3.63, 3.8) is 0 Å². The van der Waals surface area contributed by atoms with Gasteiger partial charge in [0.05, 0.1) is 4.92 Å². The van der Waals surface area contributed by atoms with Crippen molar-refractivity contribution in [3.05, 3.63) is 38.9 Å². The van der Waals surface area contributed by atoms with E-state index >= 15 is 0 Å². The molecular formula is C13H14Cl2N2O3. The number of nitro benzene ring substituents is 1. The van der Waals surface area contributed by atoms with Gasteiger partial charge in [0, 0.05) is 30.1 Å². The second-order valence-electron chi connectivity index (χ2n) is 5.04. The molecule has 1 aromatic rings. The molecule has 0 aromatic heterocycles. The van der Waals surface area contributed by atoms with Crippen LogP contribution < -0.4 is 0 Å². The van der Waals surface area contributed by atoms with Gasteiger partial charge < -0.3 is 4.90 Å². The molecular weight excluding hydrogens is 303 g/mol. The first kappa shape index (κ1) is 15.1. The molecule has 108 valence electrons. The zero-order chi connectivity index (χ0) is 14.9. The standard InChI is InChI=1S/C13H14Cl2N2O3/c1-16(7-8-4-10(15)5-8)13(18)11-6-9(14)2-3-12(11)17(19)20/h2-3,6,8,10H,4-5,7H2,1H3. The Hall–Kier alpha value is -1.33. The van der Waals surface area contributed by atoms with Crippen molar-refractivity contribution in [1.29, 1.82) is 0 Å². The topological polar surface area (TPSA) is 63.5 Å². The van der Waals surface area contributed by atoms with Crippen molar-refractivity contribution in [2.45, 2.75) is 18.2 Å². The Morgan fingerprint density at radius 1 is 1.50 bits per heavy atom. The lowest BCUT2D eigenvalue weighted by molar-refractivity contribution is -0.385. The van der Waals surface area contributed by atoms with Gasteiger partial charge >= 0.3 is 0 Å². The van der Waals surface area contributed by atoms with E-state index in [1.54, 1.807) is 7.05 Å². The Kier molecular flexibility index (Phi) is 4.50. The maximum Gasteiger partial charge on any atom is 0.282 e. The minimum atomic E-state index is -0.574. The molecule has 0 unspecified atom stereocenters. The first-order chi connectivity index (χ1) is 9.38. The van der Waals surface area contributed by atoms with Crippen LogP contribution in [0.2, 0.25) is 5.02 Å². The summed E-state index contributed by atoms with van der Waals surface area (Å²) in [6.07, 6.45) is 1.74. The molecule has 0 bridgehead atoms. The number of nitro groups is 1. The molecule has 2 rings (SSSR count). The molecule has 7 heteroatoms. The summed E-state index contributed by atoms with van der Waals surface area (Å²) < 4.78 is 0. The van der Waals surface area contributed by atoms with Crippen molar-refractivity contribution in [1.82, 2.24) is 4.90 Å². The lowest BCUT2D eigenvalue weighted by atomic mass is 9.84. The molecule has 20 heavy (non-hydrogen) atoms. The van der Waals surface area contributed by atoms with Gasteiger partial charge in [-0.05, 0) is 30.9 Å². The van der Waals surface area contributed by atoms with Crippen LogP contribution in [0.4, 0.5) is 5.69 Å². The molecule has 0 saturated heterocycles. The number of hydrogen-bond donors (Lipinski definition) is 0. The Balaban J connectivity index is 2.15. The highest BCUT2D eigenvalue weighted by molar-refractivity contribution is 6.31. The highest BCUT2D eigenvalue weighted by atomic mass is 35.5. The van der Waals surface area contributed by atoms with Crippen molar-refractivity contribution in [2.75, 3.05) is 13.6 Å². The molecule has 0 N–H and O–H groups in total. The number of nitrogens with zero attached hydrogens (tertiary/aromatic N) is 2. The summed E-state index contributed by atoms with van der Waals surface area (Å²) in [6, 6.07) is 3.99. The molecule has 1 fully saturated rings. The Labute approximate surface area is 126 Å². The number of halogens is 2.